The van der Waals surface area contributed by atoms with Crippen molar-refractivity contribution in [1.29, 1.82) is 0 Å². The first-order valence-electron chi connectivity index (χ1n) is 4.83. The predicted molar refractivity (Wildman–Crippen MR) is 57.5 cm³/mol. The van der Waals surface area contributed by atoms with Crippen molar-refractivity contribution in [2.24, 2.45) is 11.8 Å². The van der Waals surface area contributed by atoms with Crippen LogP contribution in [0, 0.1) is 11.8 Å². The van der Waals surface area contributed by atoms with Crippen molar-refractivity contribution in [3.8, 4) is 0 Å². The van der Waals surface area contributed by atoms with E-state index in [4.69, 9.17) is 3.23 Å². The van der Waals surface area contributed by atoms with Gasteiger partial charge >= 0.3 is 28.6 Å². The Morgan fingerprint density at radius 1 is 1.53 bits per heavy atom. The number of ether oxygens (including phenoxy) is 1. The Kier molecular flexibility index (Phi) is 3.52. The molecule has 1 saturated heterocycles. The van der Waals surface area contributed by atoms with E-state index >= 15 is 0 Å². The first-order chi connectivity index (χ1) is 7.22. The molecule has 80 valence electrons. The summed E-state index contributed by atoms with van der Waals surface area (Å²) in [4.78, 5) is 22.6. The second-order valence-electron chi connectivity index (χ2n) is 3.66. The quantitative estimate of drug-likeness (QED) is 0.233. The molecule has 0 amide bonds. The van der Waals surface area contributed by atoms with Gasteiger partial charge in [0, 0.05) is 5.75 Å². The van der Waals surface area contributed by atoms with Crippen LogP contribution in [0.25, 0.3) is 0 Å². The Labute approximate surface area is 100 Å². The molecular formula is C9H11AlO4S. The minimum Gasteiger partial charge on any atom is -0.447 e. The maximum Gasteiger partial charge on any atom is 0.429 e. The summed E-state index contributed by atoms with van der Waals surface area (Å²) in [6.45, 7) is 0. The zero-order valence-electron chi connectivity index (χ0n) is 8.39. The normalized spacial score (nSPS) is 29.7. The lowest BCUT2D eigenvalue weighted by atomic mass is 9.83. The number of hydrogen-bond acceptors (Lipinski definition) is 5. The lowest BCUT2D eigenvalue weighted by Crippen LogP contribution is -2.20. The van der Waals surface area contributed by atoms with Crippen molar-refractivity contribution in [2.45, 2.75) is 12.8 Å². The van der Waals surface area contributed by atoms with Crippen molar-refractivity contribution in [2.75, 3.05) is 5.75 Å². The minimum absolute atomic E-state index is 0.233. The van der Waals surface area contributed by atoms with E-state index in [1.807, 2.05) is 6.08 Å². The molecule has 1 fully saturated rings. The van der Waals surface area contributed by atoms with Gasteiger partial charge in [0.15, 0.2) is 0 Å². The number of rotatable bonds is 3. The summed E-state index contributed by atoms with van der Waals surface area (Å²) in [6, 6.07) is 0. The Bertz CT molecular complexity index is 328. The molecule has 1 aliphatic carbocycles. The molecule has 1 aliphatic heterocycles. The number of hydrogen-bond donors (Lipinski definition) is 0. The van der Waals surface area contributed by atoms with Gasteiger partial charge in [0.2, 0.25) is 0 Å². The zero-order valence-corrected chi connectivity index (χ0v) is 11.2. The van der Waals surface area contributed by atoms with Crippen molar-refractivity contribution < 1.29 is 17.6 Å². The molecule has 0 saturated carbocycles. The smallest absolute Gasteiger partial charge is 0.429 e. The van der Waals surface area contributed by atoms with Gasteiger partial charge in [-0.1, -0.05) is 11.6 Å². The monoisotopic (exact) mass is 242 g/mol. The van der Waals surface area contributed by atoms with Gasteiger partial charge in [-0.25, -0.2) is 0 Å². The van der Waals surface area contributed by atoms with E-state index in [1.165, 1.54) is 17.6 Å². The molecule has 0 radical (unpaired) electrons. The highest BCUT2D eigenvalue weighted by Crippen LogP contribution is 2.36. The Morgan fingerprint density at radius 2 is 2.33 bits per heavy atom. The van der Waals surface area contributed by atoms with Crippen molar-refractivity contribution in [1.82, 2.24) is 0 Å². The van der Waals surface area contributed by atoms with Crippen LogP contribution < -0.4 is 0 Å². The fourth-order valence-corrected chi connectivity index (χ4v) is 2.83. The molecule has 2 unspecified atom stereocenters. The first kappa shape index (κ1) is 11.2. The summed E-state index contributed by atoms with van der Waals surface area (Å²) in [6.07, 6.45) is 3.47. The van der Waals surface area contributed by atoms with E-state index in [9.17, 15) is 9.59 Å². The third-order valence-corrected chi connectivity index (χ3v) is 4.19. The molecule has 2 aliphatic rings. The summed E-state index contributed by atoms with van der Waals surface area (Å²) >= 11 is 2.11. The lowest BCUT2D eigenvalue weighted by Gasteiger charge is -2.19. The van der Waals surface area contributed by atoms with Crippen LogP contribution in [-0.4, -0.2) is 34.3 Å². The van der Waals surface area contributed by atoms with E-state index in [0.717, 1.165) is 18.6 Å². The molecule has 2 rings (SSSR count). The maximum absolute atomic E-state index is 11.3. The summed E-state index contributed by atoms with van der Waals surface area (Å²) in [5.74, 6) is -0.529. The van der Waals surface area contributed by atoms with Gasteiger partial charge < -0.3 is 7.97 Å². The van der Waals surface area contributed by atoms with Gasteiger partial charge in [-0.05, 0) is 24.9 Å². The van der Waals surface area contributed by atoms with Crippen molar-refractivity contribution in [3.05, 3.63) is 11.6 Å². The van der Waals surface area contributed by atoms with Crippen LogP contribution in [0.5, 0.6) is 0 Å². The lowest BCUT2D eigenvalue weighted by molar-refractivity contribution is -0.153. The molecular weight excluding hydrogens is 231 g/mol. The molecule has 15 heavy (non-hydrogen) atoms. The second-order valence-corrected chi connectivity index (χ2v) is 5.52. The molecule has 0 N–H and O–H groups in total. The summed E-state index contributed by atoms with van der Waals surface area (Å²) in [5.41, 5.74) is 1.18. The van der Waals surface area contributed by atoms with E-state index in [0.29, 0.717) is 16.6 Å². The average Bonchev–Trinajstić information content (AvgIpc) is 2.52. The van der Waals surface area contributed by atoms with Crippen molar-refractivity contribution in [3.63, 3.8) is 0 Å². The maximum atomic E-state index is 11.3. The SMILES string of the molecule is O=C1OC(=O)C2CCC(CS[O][AlH2])=CC12. The number of fused-ring (bicyclic) bond motifs is 1. The van der Waals surface area contributed by atoms with Crippen LogP contribution in [0.3, 0.4) is 0 Å². The number of cyclic esters (lactones) is 2. The van der Waals surface area contributed by atoms with Crippen LogP contribution in [0.1, 0.15) is 12.8 Å². The van der Waals surface area contributed by atoms with Gasteiger partial charge in [-0.3, -0.25) is 9.59 Å². The fraction of sp³-hybridized carbons (Fsp3) is 0.556. The van der Waals surface area contributed by atoms with Crippen molar-refractivity contribution >= 4 is 40.6 Å². The fourth-order valence-electron chi connectivity index (χ4n) is 1.97. The Hall–Kier alpha value is -0.278. The first-order valence-corrected chi connectivity index (χ1v) is 6.56. The average molecular weight is 242 g/mol. The van der Waals surface area contributed by atoms with E-state index in [-0.39, 0.29) is 23.8 Å². The summed E-state index contributed by atoms with van der Waals surface area (Å²) < 4.78 is 9.64. The predicted octanol–water partition coefficient (Wildman–Crippen LogP) is 0.235. The molecule has 0 aromatic rings. The number of carbonyl (C=O) groups is 2. The van der Waals surface area contributed by atoms with Gasteiger partial charge in [-0.2, -0.15) is 0 Å². The van der Waals surface area contributed by atoms with Crippen LogP contribution >= 0.6 is 12.0 Å². The number of esters is 2. The third-order valence-electron chi connectivity index (χ3n) is 2.76. The molecule has 0 aromatic heterocycles. The topological polar surface area (TPSA) is 52.6 Å². The van der Waals surface area contributed by atoms with Gasteiger partial charge in [-0.15, -0.1) is 0 Å². The molecule has 0 aromatic carbocycles. The molecule has 0 spiro atoms. The van der Waals surface area contributed by atoms with Crippen LogP contribution in [0.2, 0.25) is 0 Å². The van der Waals surface area contributed by atoms with E-state index in [1.54, 1.807) is 0 Å². The zero-order chi connectivity index (χ0) is 10.8. The second kappa shape index (κ2) is 4.71. The third kappa shape index (κ3) is 2.29. The van der Waals surface area contributed by atoms with E-state index < -0.39 is 0 Å². The highest BCUT2D eigenvalue weighted by atomic mass is 32.2. The highest BCUT2D eigenvalue weighted by Gasteiger charge is 2.44. The van der Waals surface area contributed by atoms with Crippen LogP contribution in [-0.2, 0) is 17.6 Å². The van der Waals surface area contributed by atoms with Gasteiger partial charge in [0.25, 0.3) is 0 Å². The highest BCUT2D eigenvalue weighted by molar-refractivity contribution is 7.95. The standard InChI is InChI=1S/C9H10O4S.Al.2H/c10-8-6-2-1-5(4-14-12)3-7(6)9(11)13-8;;;/h3,6-7,12H,1-2,4H2;;;/q;+1;;/p-1. The molecule has 6 heteroatoms. The summed E-state index contributed by atoms with van der Waals surface area (Å²) in [7, 11) is 0. The minimum atomic E-state index is -0.390. The largest absolute Gasteiger partial charge is 0.447 e. The van der Waals surface area contributed by atoms with E-state index in [2.05, 4.69) is 4.74 Å². The molecule has 0 bridgehead atoms. The van der Waals surface area contributed by atoms with Gasteiger partial charge in [0.05, 0.1) is 11.8 Å². The summed E-state index contributed by atoms with van der Waals surface area (Å²) in [5, 5.41) is 0. The van der Waals surface area contributed by atoms with Crippen LogP contribution in [0.4, 0.5) is 0 Å². The molecule has 1 heterocycles. The molecule has 4 nitrogen and oxygen atoms in total. The number of carbonyl (C=O) groups excluding carboxylic acids is 2. The molecule has 2 atom stereocenters. The Balaban J connectivity index is 2.07. The van der Waals surface area contributed by atoms with Gasteiger partial charge in [0.1, 0.15) is 0 Å². The Morgan fingerprint density at radius 3 is 3.07 bits per heavy atom. The van der Waals surface area contributed by atoms with Crippen LogP contribution in [0.15, 0.2) is 11.6 Å².